The topological polar surface area (TPSA) is 32.7 Å². The van der Waals surface area contributed by atoms with Crippen LogP contribution in [0.5, 0.6) is 0 Å². The maximum atomic E-state index is 12.1. The molecule has 3 aromatic carbocycles. The van der Waals surface area contributed by atoms with E-state index in [0.29, 0.717) is 0 Å². The summed E-state index contributed by atoms with van der Waals surface area (Å²) in [6.07, 6.45) is 6.61. The average molecular weight is 411 g/mol. The number of rotatable bonds is 9. The second-order valence-electron chi connectivity index (χ2n) is 8.28. The predicted molar refractivity (Wildman–Crippen MR) is 128 cm³/mol. The largest absolute Gasteiger partial charge is 0.298 e. The maximum Gasteiger partial charge on any atom is 0.153 e. The minimum Gasteiger partial charge on any atom is -0.298 e. The fraction of sp³-hybridized carbons (Fsp3) is 0.286. The number of aryl methyl sites for hydroxylation is 1. The lowest BCUT2D eigenvalue weighted by Crippen LogP contribution is -2.35. The number of Topliss-reactive ketones (excluding diaryl/α,β-unsaturated/α-hetero) is 1. The van der Waals surface area contributed by atoms with Gasteiger partial charge in [0.1, 0.15) is 6.04 Å². The van der Waals surface area contributed by atoms with Crippen LogP contribution in [0.1, 0.15) is 42.9 Å². The van der Waals surface area contributed by atoms with Crippen LogP contribution in [0, 0.1) is 0 Å². The third kappa shape index (κ3) is 5.49. The van der Waals surface area contributed by atoms with Gasteiger partial charge in [0, 0.05) is 19.2 Å². The number of ketones is 1. The average Bonchev–Trinajstić information content (AvgIpc) is 3.33. The molecule has 0 saturated carbocycles. The van der Waals surface area contributed by atoms with Gasteiger partial charge in [-0.15, -0.1) is 0 Å². The van der Waals surface area contributed by atoms with Crippen LogP contribution < -0.4 is 0 Å². The second-order valence-corrected chi connectivity index (χ2v) is 8.28. The van der Waals surface area contributed by atoms with E-state index >= 15 is 0 Å². The van der Waals surface area contributed by atoms with Crippen molar-refractivity contribution in [2.24, 2.45) is 5.10 Å². The van der Waals surface area contributed by atoms with Crippen LogP contribution in [-0.2, 0) is 17.6 Å². The Balaban J connectivity index is 1.39. The molecule has 0 aromatic heterocycles. The first-order chi connectivity index (χ1) is 15.2. The zero-order valence-corrected chi connectivity index (χ0v) is 18.2. The molecule has 1 aliphatic heterocycles. The summed E-state index contributed by atoms with van der Waals surface area (Å²) in [5.74, 6) is 0.214. The highest BCUT2D eigenvalue weighted by Crippen LogP contribution is 2.22. The van der Waals surface area contributed by atoms with Gasteiger partial charge in [0.25, 0.3) is 0 Å². The molecule has 0 radical (unpaired) electrons. The van der Waals surface area contributed by atoms with E-state index in [9.17, 15) is 4.79 Å². The molecule has 3 heteroatoms. The molecule has 0 amide bonds. The zero-order valence-electron chi connectivity index (χ0n) is 18.2. The first-order valence-electron chi connectivity index (χ1n) is 11.2. The molecule has 158 valence electrons. The molecule has 0 bridgehead atoms. The van der Waals surface area contributed by atoms with Crippen LogP contribution in [0.4, 0.5) is 0 Å². The van der Waals surface area contributed by atoms with Crippen molar-refractivity contribution < 1.29 is 4.79 Å². The van der Waals surface area contributed by atoms with Gasteiger partial charge in [-0.1, -0.05) is 78.9 Å². The van der Waals surface area contributed by atoms with Crippen molar-refractivity contribution in [2.75, 3.05) is 6.54 Å². The molecule has 0 fully saturated rings. The molecule has 0 saturated heterocycles. The summed E-state index contributed by atoms with van der Waals surface area (Å²) >= 11 is 0. The molecule has 3 nitrogen and oxygen atoms in total. The number of hydrogen-bond donors (Lipinski definition) is 0. The molecule has 1 atom stereocenters. The van der Waals surface area contributed by atoms with Gasteiger partial charge in [0.2, 0.25) is 0 Å². The molecule has 31 heavy (non-hydrogen) atoms. The van der Waals surface area contributed by atoms with E-state index in [0.717, 1.165) is 38.6 Å². The Bertz CT molecular complexity index is 1020. The minimum atomic E-state index is -0.0866. The number of nitrogens with zero attached hydrogens (tertiary/aromatic N) is 2. The van der Waals surface area contributed by atoms with Gasteiger partial charge in [-0.3, -0.25) is 9.80 Å². The molecular formula is C28H30N2O. The Morgan fingerprint density at radius 2 is 1.58 bits per heavy atom. The summed E-state index contributed by atoms with van der Waals surface area (Å²) < 4.78 is 0. The molecular weight excluding hydrogens is 380 g/mol. The number of carbonyl (C=O) groups is 1. The van der Waals surface area contributed by atoms with Crippen LogP contribution in [0.3, 0.4) is 0 Å². The molecule has 1 aliphatic rings. The lowest BCUT2D eigenvalue weighted by molar-refractivity contribution is -0.122. The lowest BCUT2D eigenvalue weighted by atomic mass is 9.94. The normalized spacial score (nSPS) is 14.0. The fourth-order valence-corrected chi connectivity index (χ4v) is 4.33. The van der Waals surface area contributed by atoms with Crippen molar-refractivity contribution in [2.45, 2.75) is 45.1 Å². The quantitative estimate of drug-likeness (QED) is 0.439. The van der Waals surface area contributed by atoms with Crippen molar-refractivity contribution in [3.63, 3.8) is 0 Å². The molecule has 0 aliphatic carbocycles. The van der Waals surface area contributed by atoms with Crippen LogP contribution in [0.25, 0.3) is 11.1 Å². The van der Waals surface area contributed by atoms with Crippen molar-refractivity contribution >= 4 is 12.0 Å². The van der Waals surface area contributed by atoms with Crippen LogP contribution in [0.2, 0.25) is 0 Å². The van der Waals surface area contributed by atoms with Crippen molar-refractivity contribution in [3.05, 3.63) is 95.6 Å². The van der Waals surface area contributed by atoms with E-state index in [4.69, 9.17) is 0 Å². The van der Waals surface area contributed by atoms with Gasteiger partial charge in [-0.2, -0.15) is 5.10 Å². The van der Waals surface area contributed by atoms with E-state index in [-0.39, 0.29) is 11.8 Å². The molecule has 4 rings (SSSR count). The highest BCUT2D eigenvalue weighted by Gasteiger charge is 2.22. The van der Waals surface area contributed by atoms with Gasteiger partial charge in [-0.05, 0) is 60.4 Å². The summed E-state index contributed by atoms with van der Waals surface area (Å²) in [6, 6.07) is 28.0. The highest BCUT2D eigenvalue weighted by atomic mass is 16.1. The molecule has 1 heterocycles. The van der Waals surface area contributed by atoms with Crippen molar-refractivity contribution in [1.82, 2.24) is 5.01 Å². The number of hydrazone groups is 1. The van der Waals surface area contributed by atoms with E-state index in [1.165, 1.54) is 27.8 Å². The Morgan fingerprint density at radius 3 is 2.26 bits per heavy atom. The Kier molecular flexibility index (Phi) is 6.93. The summed E-state index contributed by atoms with van der Waals surface area (Å²) in [7, 11) is 0. The Morgan fingerprint density at radius 1 is 0.903 bits per heavy atom. The molecule has 0 spiro atoms. The number of hydrogen-bond acceptors (Lipinski definition) is 3. The van der Waals surface area contributed by atoms with Crippen LogP contribution in [0.15, 0.2) is 84.0 Å². The molecule has 3 aromatic rings. The Labute approximate surface area is 185 Å². The van der Waals surface area contributed by atoms with Gasteiger partial charge >= 0.3 is 0 Å². The second kappa shape index (κ2) is 10.2. The zero-order chi connectivity index (χ0) is 21.5. The minimum absolute atomic E-state index is 0.0866. The molecule has 0 N–H and O–H groups in total. The summed E-state index contributed by atoms with van der Waals surface area (Å²) in [6.45, 7) is 2.55. The predicted octanol–water partition coefficient (Wildman–Crippen LogP) is 5.92. The summed E-state index contributed by atoms with van der Waals surface area (Å²) in [5.41, 5.74) is 6.56. The van der Waals surface area contributed by atoms with Gasteiger partial charge < -0.3 is 0 Å². The van der Waals surface area contributed by atoms with Crippen molar-refractivity contribution in [3.8, 4) is 11.1 Å². The van der Waals surface area contributed by atoms with E-state index in [1.807, 2.05) is 17.3 Å². The molecule has 1 unspecified atom stereocenters. The first kappa shape index (κ1) is 21.0. The first-order valence-corrected chi connectivity index (χ1v) is 11.2. The SMILES string of the molecule is CC(=O)C(CCCc1ccccc1Cc1ccc(-c2ccccc2)cc1)N1CCC=N1. The van der Waals surface area contributed by atoms with Crippen LogP contribution >= 0.6 is 0 Å². The van der Waals surface area contributed by atoms with E-state index < -0.39 is 0 Å². The Hall–Kier alpha value is -3.20. The standard InChI is InChI=1S/C28H30N2O/c1-22(31)28(30-20-8-19-29-30)14-7-13-25-11-5-6-12-27(25)21-23-15-17-26(18-16-23)24-9-3-2-4-10-24/h2-6,9-12,15-19,28H,7-8,13-14,20-21H2,1H3. The summed E-state index contributed by atoms with van der Waals surface area (Å²) in [4.78, 5) is 12.1. The smallest absolute Gasteiger partial charge is 0.153 e. The third-order valence-electron chi connectivity index (χ3n) is 6.04. The van der Waals surface area contributed by atoms with Gasteiger partial charge in [0.15, 0.2) is 5.78 Å². The van der Waals surface area contributed by atoms with Crippen LogP contribution in [-0.4, -0.2) is 29.6 Å². The third-order valence-corrected chi connectivity index (χ3v) is 6.04. The van der Waals surface area contributed by atoms with E-state index in [2.05, 4.69) is 77.9 Å². The van der Waals surface area contributed by atoms with Gasteiger partial charge in [0.05, 0.1) is 0 Å². The number of benzene rings is 3. The summed E-state index contributed by atoms with van der Waals surface area (Å²) in [5, 5.41) is 6.33. The highest BCUT2D eigenvalue weighted by molar-refractivity contribution is 5.81. The lowest BCUT2D eigenvalue weighted by Gasteiger charge is -2.24. The van der Waals surface area contributed by atoms with Crippen molar-refractivity contribution in [1.29, 1.82) is 0 Å². The monoisotopic (exact) mass is 410 g/mol. The maximum absolute atomic E-state index is 12.1. The number of carbonyl (C=O) groups excluding carboxylic acids is 1. The fourth-order valence-electron chi connectivity index (χ4n) is 4.33. The van der Waals surface area contributed by atoms with Gasteiger partial charge in [-0.25, -0.2) is 0 Å². The van der Waals surface area contributed by atoms with E-state index in [1.54, 1.807) is 6.92 Å².